The Bertz CT molecular complexity index is 460. The molecule has 0 aromatic heterocycles. The summed E-state index contributed by atoms with van der Waals surface area (Å²) < 4.78 is 10.3. The van der Waals surface area contributed by atoms with E-state index in [0.29, 0.717) is 32.5 Å². The summed E-state index contributed by atoms with van der Waals surface area (Å²) >= 11 is 0. The van der Waals surface area contributed by atoms with E-state index in [9.17, 15) is 9.59 Å². The van der Waals surface area contributed by atoms with Crippen molar-refractivity contribution in [1.82, 2.24) is 9.80 Å². The van der Waals surface area contributed by atoms with Gasteiger partial charge in [-0.05, 0) is 33.6 Å². The van der Waals surface area contributed by atoms with Gasteiger partial charge in [0.25, 0.3) is 0 Å². The van der Waals surface area contributed by atoms with Crippen molar-refractivity contribution in [3.8, 4) is 0 Å². The Morgan fingerprint density at radius 2 is 1.83 bits per heavy atom. The highest BCUT2D eigenvalue weighted by Gasteiger charge is 2.41. The van der Waals surface area contributed by atoms with Crippen molar-refractivity contribution in [2.24, 2.45) is 0 Å². The summed E-state index contributed by atoms with van der Waals surface area (Å²) in [4.78, 5) is 27.5. The third-order valence-electron chi connectivity index (χ3n) is 3.91. The highest BCUT2D eigenvalue weighted by Crippen LogP contribution is 2.31. The van der Waals surface area contributed by atoms with Crippen LogP contribution in [0.2, 0.25) is 0 Å². The van der Waals surface area contributed by atoms with Gasteiger partial charge in [0.15, 0.2) is 0 Å². The molecule has 0 atom stereocenters. The molecule has 0 aromatic carbocycles. The fourth-order valence-corrected chi connectivity index (χ4v) is 2.66. The van der Waals surface area contributed by atoms with Crippen LogP contribution in [-0.4, -0.2) is 59.9 Å². The molecule has 0 N–H and O–H groups in total. The van der Waals surface area contributed by atoms with Gasteiger partial charge >= 0.3 is 12.2 Å². The number of carbonyl (C=O) groups excluding carboxylic acids is 2. The molecule has 6 nitrogen and oxygen atoms in total. The molecule has 23 heavy (non-hydrogen) atoms. The molecule has 0 aromatic rings. The Morgan fingerprint density at radius 1 is 1.26 bits per heavy atom. The lowest BCUT2D eigenvalue weighted by Crippen LogP contribution is -2.57. The van der Waals surface area contributed by atoms with Crippen LogP contribution < -0.4 is 0 Å². The van der Waals surface area contributed by atoms with Crippen molar-refractivity contribution in [2.75, 3.05) is 26.7 Å². The van der Waals surface area contributed by atoms with E-state index < -0.39 is 17.2 Å². The van der Waals surface area contributed by atoms with E-state index in [4.69, 9.17) is 9.47 Å². The molecule has 0 radical (unpaired) electrons. The van der Waals surface area contributed by atoms with Crippen molar-refractivity contribution in [3.05, 3.63) is 25.3 Å². The van der Waals surface area contributed by atoms with Crippen molar-refractivity contribution in [3.63, 3.8) is 0 Å². The second-order valence-electron chi connectivity index (χ2n) is 6.64. The Labute approximate surface area is 138 Å². The second kappa shape index (κ2) is 7.53. The van der Waals surface area contributed by atoms with Gasteiger partial charge in [-0.15, -0.1) is 13.2 Å². The van der Waals surface area contributed by atoms with Crippen molar-refractivity contribution >= 4 is 12.2 Å². The number of nitrogens with zero attached hydrogens (tertiary/aromatic N) is 2. The lowest BCUT2D eigenvalue weighted by Gasteiger charge is -2.46. The number of hydrogen-bond acceptors (Lipinski definition) is 4. The zero-order valence-corrected chi connectivity index (χ0v) is 14.6. The monoisotopic (exact) mass is 324 g/mol. The standard InChI is InChI=1S/C17H28N2O4/c1-7-11-19(15(21)22-6)17(8-2)9-12-18(13-10-17)14(20)23-16(3,4)5/h7-8H,1-2,9-13H2,3-6H3. The molecule has 1 heterocycles. The summed E-state index contributed by atoms with van der Waals surface area (Å²) in [5, 5.41) is 0. The van der Waals surface area contributed by atoms with Crippen LogP contribution in [-0.2, 0) is 9.47 Å². The number of hydrogen-bond donors (Lipinski definition) is 0. The first kappa shape index (κ1) is 19.1. The first-order chi connectivity index (χ1) is 10.7. The number of ether oxygens (including phenoxy) is 2. The topological polar surface area (TPSA) is 59.1 Å². The minimum Gasteiger partial charge on any atom is -0.453 e. The zero-order valence-electron chi connectivity index (χ0n) is 14.6. The molecule has 1 aliphatic heterocycles. The third-order valence-corrected chi connectivity index (χ3v) is 3.91. The number of amides is 2. The maximum Gasteiger partial charge on any atom is 0.410 e. The highest BCUT2D eigenvalue weighted by atomic mass is 16.6. The van der Waals surface area contributed by atoms with Gasteiger partial charge in [0.05, 0.1) is 12.6 Å². The van der Waals surface area contributed by atoms with E-state index >= 15 is 0 Å². The molecule has 1 rings (SSSR count). The average Bonchev–Trinajstić information content (AvgIpc) is 2.50. The molecule has 130 valence electrons. The van der Waals surface area contributed by atoms with Crippen LogP contribution in [0.3, 0.4) is 0 Å². The van der Waals surface area contributed by atoms with Crippen LogP contribution in [0.25, 0.3) is 0 Å². The summed E-state index contributed by atoms with van der Waals surface area (Å²) in [5.41, 5.74) is -1.06. The Hall–Kier alpha value is -1.98. The third kappa shape index (κ3) is 4.74. The number of likely N-dealkylation sites (tertiary alicyclic amines) is 1. The van der Waals surface area contributed by atoms with Crippen molar-refractivity contribution in [1.29, 1.82) is 0 Å². The SMILES string of the molecule is C=CCN(C(=O)OC)C1(C=C)CCN(C(=O)OC(C)(C)C)CC1. The summed E-state index contributed by atoms with van der Waals surface area (Å²) in [6.45, 7) is 14.4. The lowest BCUT2D eigenvalue weighted by molar-refractivity contribution is 0.00699. The van der Waals surface area contributed by atoms with E-state index in [0.717, 1.165) is 0 Å². The maximum atomic E-state index is 12.2. The van der Waals surface area contributed by atoms with Crippen LogP contribution in [0.5, 0.6) is 0 Å². The fourth-order valence-electron chi connectivity index (χ4n) is 2.66. The van der Waals surface area contributed by atoms with Crippen LogP contribution >= 0.6 is 0 Å². The molecule has 0 aliphatic carbocycles. The largest absolute Gasteiger partial charge is 0.453 e. The summed E-state index contributed by atoms with van der Waals surface area (Å²) in [6, 6.07) is 0. The minimum atomic E-state index is -0.542. The Balaban J connectivity index is 2.83. The van der Waals surface area contributed by atoms with Crippen LogP contribution in [0.15, 0.2) is 25.3 Å². The lowest BCUT2D eigenvalue weighted by atomic mass is 9.86. The average molecular weight is 324 g/mol. The second-order valence-corrected chi connectivity index (χ2v) is 6.64. The van der Waals surface area contributed by atoms with Gasteiger partial charge in [-0.2, -0.15) is 0 Å². The van der Waals surface area contributed by atoms with E-state index in [2.05, 4.69) is 13.2 Å². The molecule has 0 unspecified atom stereocenters. The van der Waals surface area contributed by atoms with Crippen molar-refractivity contribution < 1.29 is 19.1 Å². The molecule has 0 spiro atoms. The predicted molar refractivity (Wildman–Crippen MR) is 89.3 cm³/mol. The van der Waals surface area contributed by atoms with E-state index in [1.165, 1.54) is 7.11 Å². The van der Waals surface area contributed by atoms with Gasteiger partial charge in [-0.25, -0.2) is 9.59 Å². The zero-order chi connectivity index (χ0) is 17.7. The number of rotatable bonds is 4. The molecule has 1 saturated heterocycles. The van der Waals surface area contributed by atoms with Gasteiger partial charge in [0.1, 0.15) is 5.60 Å². The molecule has 2 amide bonds. The van der Waals surface area contributed by atoms with Crippen LogP contribution in [0.4, 0.5) is 9.59 Å². The first-order valence-electron chi connectivity index (χ1n) is 7.77. The van der Waals surface area contributed by atoms with Gasteiger partial charge in [-0.1, -0.05) is 12.2 Å². The van der Waals surface area contributed by atoms with Gasteiger partial charge in [-0.3, -0.25) is 4.90 Å². The Kier molecular flexibility index (Phi) is 6.24. The maximum absolute atomic E-state index is 12.2. The van der Waals surface area contributed by atoms with E-state index in [1.54, 1.807) is 22.0 Å². The minimum absolute atomic E-state index is 0.330. The van der Waals surface area contributed by atoms with E-state index in [1.807, 2.05) is 20.8 Å². The predicted octanol–water partition coefficient (Wildman–Crippen LogP) is 3.20. The number of carbonyl (C=O) groups is 2. The molecular weight excluding hydrogens is 296 g/mol. The molecule has 6 heteroatoms. The normalized spacial score (nSPS) is 17.1. The number of piperidine rings is 1. The number of methoxy groups -OCH3 is 1. The summed E-state index contributed by atoms with van der Waals surface area (Å²) in [6.07, 6.45) is 3.83. The first-order valence-corrected chi connectivity index (χ1v) is 7.77. The quantitative estimate of drug-likeness (QED) is 0.745. The van der Waals surface area contributed by atoms with Crippen molar-refractivity contribution in [2.45, 2.75) is 44.8 Å². The highest BCUT2D eigenvalue weighted by molar-refractivity contribution is 5.70. The van der Waals surface area contributed by atoms with Gasteiger partial charge < -0.3 is 14.4 Å². The molecule has 1 aliphatic rings. The van der Waals surface area contributed by atoms with Crippen LogP contribution in [0.1, 0.15) is 33.6 Å². The summed E-state index contributed by atoms with van der Waals surface area (Å²) in [7, 11) is 1.35. The van der Waals surface area contributed by atoms with Gasteiger partial charge in [0, 0.05) is 19.6 Å². The Morgan fingerprint density at radius 3 is 2.22 bits per heavy atom. The van der Waals surface area contributed by atoms with Crippen LogP contribution in [0, 0.1) is 0 Å². The van der Waals surface area contributed by atoms with E-state index in [-0.39, 0.29) is 6.09 Å². The molecular formula is C17H28N2O4. The molecule has 0 bridgehead atoms. The van der Waals surface area contributed by atoms with Gasteiger partial charge in [0.2, 0.25) is 0 Å². The fraction of sp³-hybridized carbons (Fsp3) is 0.647. The molecule has 1 fully saturated rings. The summed E-state index contributed by atoms with van der Waals surface area (Å²) in [5.74, 6) is 0. The smallest absolute Gasteiger partial charge is 0.410 e. The molecule has 0 saturated carbocycles.